The number of morpholine rings is 1. The molecule has 30 heavy (non-hydrogen) atoms. The van der Waals surface area contributed by atoms with E-state index in [9.17, 15) is 4.79 Å². The first kappa shape index (κ1) is 22.7. The van der Waals surface area contributed by atoms with Crippen molar-refractivity contribution in [1.82, 2.24) is 4.90 Å². The second-order valence-corrected chi connectivity index (χ2v) is 7.76. The Morgan fingerprint density at radius 3 is 2.43 bits per heavy atom. The summed E-state index contributed by atoms with van der Waals surface area (Å²) >= 11 is 12.3. The summed E-state index contributed by atoms with van der Waals surface area (Å²) in [7, 11) is 3.17. The van der Waals surface area contributed by atoms with Gasteiger partial charge in [-0.15, -0.1) is 0 Å². The van der Waals surface area contributed by atoms with Crippen LogP contribution >= 0.6 is 23.2 Å². The lowest BCUT2D eigenvalue weighted by atomic mass is 10.1. The maximum atomic E-state index is 12.8. The Bertz CT molecular complexity index is 834. The molecule has 1 amide bonds. The van der Waals surface area contributed by atoms with Crippen LogP contribution < -0.4 is 9.47 Å². The Morgan fingerprint density at radius 1 is 1.13 bits per heavy atom. The number of rotatable bonds is 8. The van der Waals surface area contributed by atoms with E-state index >= 15 is 0 Å². The molecule has 0 aromatic heterocycles. The fourth-order valence-electron chi connectivity index (χ4n) is 3.26. The van der Waals surface area contributed by atoms with E-state index in [-0.39, 0.29) is 25.0 Å². The molecule has 1 unspecified atom stereocenters. The first-order valence-electron chi connectivity index (χ1n) is 9.62. The molecule has 3 rings (SSSR count). The van der Waals surface area contributed by atoms with Crippen LogP contribution in [0.4, 0.5) is 0 Å². The molecule has 0 radical (unpaired) electrons. The average Bonchev–Trinajstić information content (AvgIpc) is 2.75. The lowest BCUT2D eigenvalue weighted by Gasteiger charge is -2.33. The van der Waals surface area contributed by atoms with Gasteiger partial charge in [0.15, 0.2) is 0 Å². The molecule has 0 spiro atoms. The first-order chi connectivity index (χ1) is 14.5. The number of halogens is 2. The zero-order valence-electron chi connectivity index (χ0n) is 17.0. The highest BCUT2D eigenvalue weighted by Crippen LogP contribution is 2.25. The smallest absolute Gasteiger partial charge is 0.227 e. The van der Waals surface area contributed by atoms with Crippen LogP contribution in [0.2, 0.25) is 10.0 Å². The Labute approximate surface area is 186 Å². The van der Waals surface area contributed by atoms with Gasteiger partial charge in [0.1, 0.15) is 11.5 Å². The molecular formula is C22H25Cl2NO5. The highest BCUT2D eigenvalue weighted by Gasteiger charge is 2.25. The summed E-state index contributed by atoms with van der Waals surface area (Å²) in [5, 5.41) is 1.13. The van der Waals surface area contributed by atoms with Crippen molar-refractivity contribution in [3.05, 3.63) is 57.6 Å². The van der Waals surface area contributed by atoms with Crippen molar-refractivity contribution in [3.8, 4) is 11.5 Å². The van der Waals surface area contributed by atoms with Crippen molar-refractivity contribution in [2.45, 2.75) is 19.1 Å². The van der Waals surface area contributed by atoms with Gasteiger partial charge in [0.2, 0.25) is 5.91 Å². The standard InChI is InChI=1S/C22H25Cl2NO5/c1-27-16-8-15(9-17(11-16)28-2)10-22(26)25-6-7-30-18(12-25)13-29-14-19-20(23)4-3-5-21(19)24/h3-5,8-9,11,18H,6-7,10,12-14H2,1-2H3. The van der Waals surface area contributed by atoms with Crippen molar-refractivity contribution in [1.29, 1.82) is 0 Å². The zero-order valence-corrected chi connectivity index (χ0v) is 18.5. The van der Waals surface area contributed by atoms with Crippen LogP contribution in [-0.4, -0.2) is 57.4 Å². The summed E-state index contributed by atoms with van der Waals surface area (Å²) in [5.41, 5.74) is 1.58. The number of hydrogen-bond acceptors (Lipinski definition) is 5. The summed E-state index contributed by atoms with van der Waals surface area (Å²) in [6.07, 6.45) is 0.0555. The van der Waals surface area contributed by atoms with E-state index < -0.39 is 0 Å². The Balaban J connectivity index is 1.53. The fourth-order valence-corrected chi connectivity index (χ4v) is 3.77. The molecule has 0 bridgehead atoms. The number of nitrogens with zero attached hydrogens (tertiary/aromatic N) is 1. The van der Waals surface area contributed by atoms with Crippen molar-refractivity contribution < 1.29 is 23.7 Å². The lowest BCUT2D eigenvalue weighted by molar-refractivity contribution is -0.140. The van der Waals surface area contributed by atoms with E-state index in [0.717, 1.165) is 11.1 Å². The number of carbonyl (C=O) groups excluding carboxylic acids is 1. The minimum Gasteiger partial charge on any atom is -0.497 e. The van der Waals surface area contributed by atoms with Gasteiger partial charge >= 0.3 is 0 Å². The monoisotopic (exact) mass is 453 g/mol. The van der Waals surface area contributed by atoms with Crippen molar-refractivity contribution in [2.24, 2.45) is 0 Å². The molecule has 6 nitrogen and oxygen atoms in total. The van der Waals surface area contributed by atoms with Gasteiger partial charge in [0, 0.05) is 34.8 Å². The van der Waals surface area contributed by atoms with Gasteiger partial charge in [0.05, 0.1) is 46.6 Å². The van der Waals surface area contributed by atoms with E-state index in [1.165, 1.54) is 0 Å². The molecule has 0 N–H and O–H groups in total. The van der Waals surface area contributed by atoms with Gasteiger partial charge in [-0.2, -0.15) is 0 Å². The minimum absolute atomic E-state index is 0.0211. The number of amides is 1. The fraction of sp³-hybridized carbons (Fsp3) is 0.409. The third kappa shape index (κ3) is 6.01. The number of ether oxygens (including phenoxy) is 4. The predicted molar refractivity (Wildman–Crippen MR) is 116 cm³/mol. The highest BCUT2D eigenvalue weighted by molar-refractivity contribution is 6.35. The second-order valence-electron chi connectivity index (χ2n) is 6.95. The molecule has 1 aliphatic heterocycles. The summed E-state index contributed by atoms with van der Waals surface area (Å²) < 4.78 is 22.1. The molecule has 0 saturated carbocycles. The largest absolute Gasteiger partial charge is 0.497 e. The Morgan fingerprint density at radius 2 is 1.80 bits per heavy atom. The van der Waals surface area contributed by atoms with Crippen LogP contribution in [0.3, 0.4) is 0 Å². The van der Waals surface area contributed by atoms with Crippen LogP contribution in [0.25, 0.3) is 0 Å². The van der Waals surface area contributed by atoms with Crippen LogP contribution in [0, 0.1) is 0 Å². The number of hydrogen-bond donors (Lipinski definition) is 0. The third-order valence-electron chi connectivity index (χ3n) is 4.87. The van der Waals surface area contributed by atoms with Gasteiger partial charge in [-0.05, 0) is 29.8 Å². The van der Waals surface area contributed by atoms with Gasteiger partial charge < -0.3 is 23.8 Å². The molecule has 1 aliphatic rings. The van der Waals surface area contributed by atoms with E-state index in [2.05, 4.69) is 0 Å². The zero-order chi connectivity index (χ0) is 21.5. The number of benzene rings is 2. The summed E-state index contributed by atoms with van der Waals surface area (Å²) in [4.78, 5) is 14.6. The van der Waals surface area contributed by atoms with E-state index in [1.54, 1.807) is 43.4 Å². The van der Waals surface area contributed by atoms with Crippen LogP contribution in [0.1, 0.15) is 11.1 Å². The van der Waals surface area contributed by atoms with E-state index in [1.807, 2.05) is 12.1 Å². The van der Waals surface area contributed by atoms with Crippen LogP contribution in [0.5, 0.6) is 11.5 Å². The quantitative estimate of drug-likeness (QED) is 0.604. The normalized spacial score (nSPS) is 16.4. The number of methoxy groups -OCH3 is 2. The Hall–Kier alpha value is -1.99. The average molecular weight is 454 g/mol. The molecule has 2 aromatic rings. The van der Waals surface area contributed by atoms with Crippen molar-refractivity contribution in [3.63, 3.8) is 0 Å². The molecule has 0 aliphatic carbocycles. The van der Waals surface area contributed by atoms with Gasteiger partial charge in [-0.25, -0.2) is 0 Å². The molecule has 2 aromatic carbocycles. The first-order valence-corrected chi connectivity index (χ1v) is 10.4. The maximum absolute atomic E-state index is 12.8. The molecule has 8 heteroatoms. The minimum atomic E-state index is -0.205. The molecule has 162 valence electrons. The molecule has 1 saturated heterocycles. The SMILES string of the molecule is COc1cc(CC(=O)N2CCOC(COCc3c(Cl)cccc3Cl)C2)cc(OC)c1. The third-order valence-corrected chi connectivity index (χ3v) is 5.58. The Kier molecular flexibility index (Phi) is 8.22. The highest BCUT2D eigenvalue weighted by atomic mass is 35.5. The van der Waals surface area contributed by atoms with E-state index in [4.69, 9.17) is 42.1 Å². The van der Waals surface area contributed by atoms with Gasteiger partial charge in [0.25, 0.3) is 0 Å². The van der Waals surface area contributed by atoms with E-state index in [0.29, 0.717) is 47.8 Å². The number of carbonyl (C=O) groups is 1. The van der Waals surface area contributed by atoms with Crippen LogP contribution in [-0.2, 0) is 27.3 Å². The second kappa shape index (κ2) is 10.9. The maximum Gasteiger partial charge on any atom is 0.227 e. The molecule has 1 atom stereocenters. The molecular weight excluding hydrogens is 429 g/mol. The summed E-state index contributed by atoms with van der Waals surface area (Å²) in [6, 6.07) is 10.8. The molecule has 1 fully saturated rings. The lowest BCUT2D eigenvalue weighted by Crippen LogP contribution is -2.47. The van der Waals surface area contributed by atoms with Gasteiger partial charge in [-0.3, -0.25) is 4.79 Å². The van der Waals surface area contributed by atoms with Crippen molar-refractivity contribution >= 4 is 29.1 Å². The van der Waals surface area contributed by atoms with Crippen molar-refractivity contribution in [2.75, 3.05) is 40.5 Å². The predicted octanol–water partition coefficient (Wildman–Crippen LogP) is 4.00. The summed E-state index contributed by atoms with van der Waals surface area (Å²) in [5.74, 6) is 1.33. The summed E-state index contributed by atoms with van der Waals surface area (Å²) in [6.45, 7) is 2.12. The van der Waals surface area contributed by atoms with Gasteiger partial charge in [-0.1, -0.05) is 29.3 Å². The van der Waals surface area contributed by atoms with Crippen LogP contribution in [0.15, 0.2) is 36.4 Å². The molecule has 1 heterocycles. The topological polar surface area (TPSA) is 57.2 Å².